The van der Waals surface area contributed by atoms with E-state index < -0.39 is 5.41 Å². The molecule has 7 nitrogen and oxygen atoms in total. The molecule has 2 saturated carbocycles. The van der Waals surface area contributed by atoms with Gasteiger partial charge in [-0.05, 0) is 43.7 Å². The lowest BCUT2D eigenvalue weighted by molar-refractivity contribution is -0.126. The van der Waals surface area contributed by atoms with Crippen LogP contribution in [0.3, 0.4) is 0 Å². The van der Waals surface area contributed by atoms with Crippen LogP contribution in [0.5, 0.6) is 11.5 Å². The number of carbonyl (C=O) groups is 1. The van der Waals surface area contributed by atoms with Crippen LogP contribution in [0, 0.1) is 17.3 Å². The van der Waals surface area contributed by atoms with Gasteiger partial charge in [0.1, 0.15) is 5.52 Å². The van der Waals surface area contributed by atoms with E-state index in [-0.39, 0.29) is 34.4 Å². The number of phenols is 1. The second-order valence-electron chi connectivity index (χ2n) is 7.74. The van der Waals surface area contributed by atoms with Crippen LogP contribution in [0.2, 0.25) is 0 Å². The van der Waals surface area contributed by atoms with Crippen molar-refractivity contribution in [2.75, 3.05) is 16.9 Å². The van der Waals surface area contributed by atoms with Crippen molar-refractivity contribution in [3.63, 3.8) is 0 Å². The van der Waals surface area contributed by atoms with Gasteiger partial charge in [-0.15, -0.1) is 0 Å². The standard InChI is InChI=1S/C20H24IN3O4/c1-3-24-17(26)12-6-7-14(25)16(28-2)15(12)22-19(24)23-18(27)20(10-21)8-4-5-11-9-13(11)20/h6-7,11,13,25H,3-5,8-10H2,1-2H3,(H,22,23,27)/t11-,13?,20?/m1/s1. The number of methoxy groups -OCH3 is 1. The number of phenolic OH excluding ortho intramolecular Hbond substituents is 1. The van der Waals surface area contributed by atoms with Gasteiger partial charge in [-0.25, -0.2) is 4.98 Å². The average molecular weight is 497 g/mol. The predicted octanol–water partition coefficient (Wildman–Crippen LogP) is 3.31. The molecular weight excluding hydrogens is 473 g/mol. The molecule has 1 aromatic carbocycles. The molecule has 150 valence electrons. The number of benzene rings is 1. The van der Waals surface area contributed by atoms with E-state index in [9.17, 15) is 14.7 Å². The van der Waals surface area contributed by atoms with E-state index >= 15 is 0 Å². The summed E-state index contributed by atoms with van der Waals surface area (Å²) in [5.74, 6) is 1.29. The molecule has 2 N–H and O–H groups in total. The number of nitrogens with zero attached hydrogens (tertiary/aromatic N) is 2. The fraction of sp³-hybridized carbons (Fsp3) is 0.550. The first-order valence-corrected chi connectivity index (χ1v) is 11.2. The van der Waals surface area contributed by atoms with E-state index in [1.54, 1.807) is 0 Å². The predicted molar refractivity (Wildman–Crippen MR) is 115 cm³/mol. The molecule has 3 atom stereocenters. The Morgan fingerprint density at radius 1 is 1.50 bits per heavy atom. The summed E-state index contributed by atoms with van der Waals surface area (Å²) in [6.45, 7) is 2.22. The largest absolute Gasteiger partial charge is 0.504 e. The molecule has 0 spiro atoms. The van der Waals surface area contributed by atoms with E-state index in [1.807, 2.05) is 6.92 Å². The fourth-order valence-electron chi connectivity index (χ4n) is 4.69. The first-order valence-electron chi connectivity index (χ1n) is 9.64. The Hall–Kier alpha value is -1.84. The van der Waals surface area contributed by atoms with Crippen molar-refractivity contribution >= 4 is 45.3 Å². The summed E-state index contributed by atoms with van der Waals surface area (Å²) in [4.78, 5) is 30.8. The van der Waals surface area contributed by atoms with Gasteiger partial charge in [-0.2, -0.15) is 0 Å². The van der Waals surface area contributed by atoms with Crippen molar-refractivity contribution in [3.05, 3.63) is 22.5 Å². The quantitative estimate of drug-likeness (QED) is 0.489. The van der Waals surface area contributed by atoms with Crippen LogP contribution >= 0.6 is 22.6 Å². The number of halogens is 1. The van der Waals surface area contributed by atoms with Gasteiger partial charge < -0.3 is 9.84 Å². The molecule has 28 heavy (non-hydrogen) atoms. The van der Waals surface area contributed by atoms with Crippen molar-refractivity contribution in [2.45, 2.75) is 39.2 Å². The third-order valence-corrected chi connectivity index (χ3v) is 7.69. The van der Waals surface area contributed by atoms with Crippen LogP contribution in [0.25, 0.3) is 10.9 Å². The molecule has 2 aromatic rings. The Balaban J connectivity index is 1.79. The topological polar surface area (TPSA) is 93.5 Å². The normalized spacial score (nSPS) is 26.0. The number of rotatable bonds is 5. The van der Waals surface area contributed by atoms with Crippen LogP contribution in [0.4, 0.5) is 5.95 Å². The highest BCUT2D eigenvalue weighted by Crippen LogP contribution is 2.60. The summed E-state index contributed by atoms with van der Waals surface area (Å²) in [6, 6.07) is 2.95. The average Bonchev–Trinajstić information content (AvgIpc) is 3.48. The van der Waals surface area contributed by atoms with Crippen molar-refractivity contribution in [1.82, 2.24) is 9.55 Å². The molecule has 0 bridgehead atoms. The molecule has 0 radical (unpaired) electrons. The van der Waals surface area contributed by atoms with Gasteiger partial charge in [0.25, 0.3) is 5.56 Å². The number of aromatic hydroxyl groups is 1. The SMILES string of the molecule is CCn1c(NC(=O)C2(CI)CCC[C@@H]3CC32)nc2c(OC)c(O)ccc2c1=O. The van der Waals surface area contributed by atoms with Gasteiger partial charge in [-0.1, -0.05) is 35.4 Å². The minimum absolute atomic E-state index is 0.0540. The van der Waals surface area contributed by atoms with E-state index in [4.69, 9.17) is 4.74 Å². The molecule has 4 rings (SSSR count). The van der Waals surface area contributed by atoms with Gasteiger partial charge in [-0.3, -0.25) is 19.5 Å². The smallest absolute Gasteiger partial charge is 0.262 e. The lowest BCUT2D eigenvalue weighted by atomic mass is 9.74. The Kier molecular flexibility index (Phi) is 5.01. The van der Waals surface area contributed by atoms with Crippen molar-refractivity contribution in [2.24, 2.45) is 17.3 Å². The maximum atomic E-state index is 13.3. The molecule has 1 heterocycles. The van der Waals surface area contributed by atoms with E-state index in [2.05, 4.69) is 32.9 Å². The highest BCUT2D eigenvalue weighted by Gasteiger charge is 2.58. The summed E-state index contributed by atoms with van der Waals surface area (Å²) >= 11 is 2.31. The number of anilines is 1. The highest BCUT2D eigenvalue weighted by molar-refractivity contribution is 14.1. The zero-order valence-electron chi connectivity index (χ0n) is 16.0. The Morgan fingerprint density at radius 2 is 2.29 bits per heavy atom. The van der Waals surface area contributed by atoms with Crippen LogP contribution in [-0.2, 0) is 11.3 Å². The van der Waals surface area contributed by atoms with Crippen molar-refractivity contribution in [1.29, 1.82) is 0 Å². The highest BCUT2D eigenvalue weighted by atomic mass is 127. The molecule has 8 heteroatoms. The number of ether oxygens (including phenoxy) is 1. The number of nitrogens with one attached hydrogen (secondary N) is 1. The molecule has 1 amide bonds. The minimum atomic E-state index is -0.391. The summed E-state index contributed by atoms with van der Waals surface area (Å²) in [5, 5.41) is 13.4. The first-order chi connectivity index (χ1) is 13.5. The van der Waals surface area contributed by atoms with Gasteiger partial charge >= 0.3 is 0 Å². The van der Waals surface area contributed by atoms with Crippen LogP contribution in [-0.4, -0.2) is 32.1 Å². The van der Waals surface area contributed by atoms with Gasteiger partial charge in [0.2, 0.25) is 11.9 Å². The van der Waals surface area contributed by atoms with Gasteiger partial charge in [0.05, 0.1) is 17.9 Å². The van der Waals surface area contributed by atoms with E-state index in [0.29, 0.717) is 23.8 Å². The van der Waals surface area contributed by atoms with E-state index in [0.717, 1.165) is 23.7 Å². The third-order valence-electron chi connectivity index (χ3n) is 6.33. The first kappa shape index (κ1) is 19.5. The third kappa shape index (κ3) is 2.87. The Morgan fingerprint density at radius 3 is 2.96 bits per heavy atom. The second-order valence-corrected chi connectivity index (χ2v) is 8.50. The molecule has 1 aromatic heterocycles. The minimum Gasteiger partial charge on any atom is -0.504 e. The maximum absolute atomic E-state index is 13.3. The summed E-state index contributed by atoms with van der Waals surface area (Å²) in [7, 11) is 1.42. The zero-order chi connectivity index (χ0) is 20.1. The zero-order valence-corrected chi connectivity index (χ0v) is 18.2. The van der Waals surface area contributed by atoms with E-state index in [1.165, 1.54) is 30.2 Å². The second kappa shape index (κ2) is 7.20. The molecule has 2 aliphatic rings. The van der Waals surface area contributed by atoms with Crippen LogP contribution in [0.1, 0.15) is 32.6 Å². The van der Waals surface area contributed by atoms with Crippen LogP contribution in [0.15, 0.2) is 16.9 Å². The number of hydrogen-bond acceptors (Lipinski definition) is 5. The van der Waals surface area contributed by atoms with Crippen LogP contribution < -0.4 is 15.6 Å². The maximum Gasteiger partial charge on any atom is 0.262 e. The monoisotopic (exact) mass is 497 g/mol. The number of alkyl halides is 1. The molecule has 2 aliphatic carbocycles. The number of amides is 1. The van der Waals surface area contributed by atoms with Gasteiger partial charge in [0.15, 0.2) is 11.5 Å². The number of aromatic nitrogens is 2. The summed E-state index contributed by atoms with van der Waals surface area (Å²) in [5.41, 5.74) is -0.404. The number of fused-ring (bicyclic) bond motifs is 2. The lowest BCUT2D eigenvalue weighted by Crippen LogP contribution is -2.43. The Labute approximate surface area is 176 Å². The number of carbonyl (C=O) groups excluding carboxylic acids is 1. The summed E-state index contributed by atoms with van der Waals surface area (Å²) in [6.07, 6.45) is 4.26. The number of hydrogen-bond donors (Lipinski definition) is 2. The van der Waals surface area contributed by atoms with Crippen molar-refractivity contribution < 1.29 is 14.6 Å². The summed E-state index contributed by atoms with van der Waals surface area (Å²) < 4.78 is 7.47. The lowest BCUT2D eigenvalue weighted by Gasteiger charge is -2.34. The van der Waals surface area contributed by atoms with Crippen molar-refractivity contribution in [3.8, 4) is 11.5 Å². The molecule has 2 unspecified atom stereocenters. The fourth-order valence-corrected chi connectivity index (χ4v) is 5.98. The molecule has 0 aliphatic heterocycles. The molecule has 0 saturated heterocycles. The van der Waals surface area contributed by atoms with Gasteiger partial charge in [0, 0.05) is 11.0 Å². The molecule has 2 fully saturated rings. The Bertz CT molecular complexity index is 1010. The molecular formula is C20H24IN3O4.